The summed E-state index contributed by atoms with van der Waals surface area (Å²) in [4.78, 5) is 11.1. The molecule has 0 spiro atoms. The predicted octanol–water partition coefficient (Wildman–Crippen LogP) is 1.11. The molecule has 0 aliphatic heterocycles. The molecule has 0 saturated heterocycles. The summed E-state index contributed by atoms with van der Waals surface area (Å²) in [7, 11) is 2.68. The molecule has 4 nitrogen and oxygen atoms in total. The molecule has 1 rings (SSSR count). The van der Waals surface area contributed by atoms with Gasteiger partial charge in [-0.3, -0.25) is 4.79 Å². The molecule has 0 fully saturated rings. The van der Waals surface area contributed by atoms with Gasteiger partial charge in [-0.15, -0.1) is 0 Å². The van der Waals surface area contributed by atoms with Crippen LogP contribution in [0.15, 0.2) is 12.1 Å². The van der Waals surface area contributed by atoms with Gasteiger partial charge in [0.15, 0.2) is 11.6 Å². The van der Waals surface area contributed by atoms with Crippen molar-refractivity contribution in [3.05, 3.63) is 29.3 Å². The minimum atomic E-state index is -0.893. The van der Waals surface area contributed by atoms with E-state index in [1.807, 2.05) is 0 Å². The number of methoxy groups -OCH3 is 1. The van der Waals surface area contributed by atoms with E-state index in [2.05, 4.69) is 10.1 Å². The number of amides is 1. The second kappa shape index (κ2) is 5.58. The molecule has 1 amide bonds. The number of nitrogens with one attached hydrogen (secondary N) is 1. The van der Waals surface area contributed by atoms with E-state index >= 15 is 0 Å². The quantitative estimate of drug-likeness (QED) is 0.833. The van der Waals surface area contributed by atoms with Gasteiger partial charge in [0, 0.05) is 31.1 Å². The highest BCUT2D eigenvalue weighted by molar-refractivity contribution is 5.76. The fourth-order valence-electron chi connectivity index (χ4n) is 1.40. The van der Waals surface area contributed by atoms with Gasteiger partial charge in [-0.05, 0) is 6.07 Å². The van der Waals surface area contributed by atoms with Gasteiger partial charge in [-0.2, -0.15) is 0 Å². The first-order chi connectivity index (χ1) is 7.99. The van der Waals surface area contributed by atoms with Crippen LogP contribution in [0.25, 0.3) is 0 Å². The Kier molecular flexibility index (Phi) is 4.39. The van der Waals surface area contributed by atoms with Crippen LogP contribution in [0.3, 0.4) is 0 Å². The van der Waals surface area contributed by atoms with E-state index in [-0.39, 0.29) is 23.6 Å². The van der Waals surface area contributed by atoms with Gasteiger partial charge >= 0.3 is 0 Å². The van der Waals surface area contributed by atoms with Crippen molar-refractivity contribution in [2.75, 3.05) is 14.2 Å². The van der Waals surface area contributed by atoms with Crippen molar-refractivity contribution in [3.8, 4) is 5.75 Å². The SMILES string of the molecule is CNC(=O)CC(N)c1cc(F)c(OC)cc1F. The molecule has 3 N–H and O–H groups in total. The molecule has 1 unspecified atom stereocenters. The number of nitrogens with two attached hydrogens (primary N) is 1. The molecule has 0 heterocycles. The summed E-state index contributed by atoms with van der Waals surface area (Å²) in [6.07, 6.45) is -0.112. The molecule has 1 aromatic rings. The molecule has 0 saturated carbocycles. The summed E-state index contributed by atoms with van der Waals surface area (Å²) in [5.74, 6) is -1.94. The van der Waals surface area contributed by atoms with Crippen molar-refractivity contribution in [1.29, 1.82) is 0 Å². The highest BCUT2D eigenvalue weighted by Gasteiger charge is 2.18. The Labute approximate surface area is 97.8 Å². The third-order valence-electron chi connectivity index (χ3n) is 2.35. The van der Waals surface area contributed by atoms with Gasteiger partial charge < -0.3 is 15.8 Å². The number of hydrogen-bond donors (Lipinski definition) is 2. The lowest BCUT2D eigenvalue weighted by Gasteiger charge is -2.13. The zero-order valence-corrected chi connectivity index (χ0v) is 9.59. The lowest BCUT2D eigenvalue weighted by atomic mass is 10.0. The lowest BCUT2D eigenvalue weighted by molar-refractivity contribution is -0.120. The minimum Gasteiger partial charge on any atom is -0.494 e. The second-order valence-corrected chi connectivity index (χ2v) is 3.49. The van der Waals surface area contributed by atoms with Crippen molar-refractivity contribution in [1.82, 2.24) is 5.32 Å². The summed E-state index contributed by atoms with van der Waals surface area (Å²) in [6, 6.07) is 0.964. The number of benzene rings is 1. The first kappa shape index (κ1) is 13.4. The van der Waals surface area contributed by atoms with Gasteiger partial charge in [-0.1, -0.05) is 0 Å². The van der Waals surface area contributed by atoms with E-state index in [1.54, 1.807) is 0 Å². The normalized spacial score (nSPS) is 12.1. The third-order valence-corrected chi connectivity index (χ3v) is 2.35. The maximum atomic E-state index is 13.6. The molecule has 0 radical (unpaired) electrons. The molecular weight excluding hydrogens is 230 g/mol. The van der Waals surface area contributed by atoms with E-state index < -0.39 is 17.7 Å². The van der Waals surface area contributed by atoms with E-state index in [4.69, 9.17) is 5.73 Å². The molecule has 1 aromatic carbocycles. The van der Waals surface area contributed by atoms with Crippen LogP contribution in [0.1, 0.15) is 18.0 Å². The minimum absolute atomic E-state index is 0.0492. The van der Waals surface area contributed by atoms with Gasteiger partial charge in [0.05, 0.1) is 7.11 Å². The summed E-state index contributed by atoms with van der Waals surface area (Å²) in [6.45, 7) is 0. The smallest absolute Gasteiger partial charge is 0.221 e. The van der Waals surface area contributed by atoms with Crippen molar-refractivity contribution >= 4 is 5.91 Å². The number of ether oxygens (including phenoxy) is 1. The number of rotatable bonds is 4. The van der Waals surface area contributed by atoms with E-state index in [1.165, 1.54) is 14.2 Å². The Bertz CT molecular complexity index is 424. The maximum Gasteiger partial charge on any atom is 0.221 e. The zero-order chi connectivity index (χ0) is 13.0. The van der Waals surface area contributed by atoms with E-state index in [9.17, 15) is 13.6 Å². The zero-order valence-electron chi connectivity index (χ0n) is 9.59. The largest absolute Gasteiger partial charge is 0.494 e. The van der Waals surface area contributed by atoms with Crippen molar-refractivity contribution in [3.63, 3.8) is 0 Å². The Morgan fingerprint density at radius 2 is 2.12 bits per heavy atom. The van der Waals surface area contributed by atoms with Crippen LogP contribution in [0.5, 0.6) is 5.75 Å². The number of halogens is 2. The van der Waals surface area contributed by atoms with Gasteiger partial charge in [0.25, 0.3) is 0 Å². The molecule has 0 aromatic heterocycles. The standard InChI is InChI=1S/C11H14F2N2O2/c1-15-11(16)5-9(14)6-3-8(13)10(17-2)4-7(6)12/h3-4,9H,5,14H2,1-2H3,(H,15,16). The first-order valence-corrected chi connectivity index (χ1v) is 4.98. The fourth-order valence-corrected chi connectivity index (χ4v) is 1.40. The summed E-state index contributed by atoms with van der Waals surface area (Å²) in [5, 5.41) is 2.36. The predicted molar refractivity (Wildman–Crippen MR) is 58.5 cm³/mol. The average molecular weight is 244 g/mol. The number of hydrogen-bond acceptors (Lipinski definition) is 3. The van der Waals surface area contributed by atoms with Crippen LogP contribution in [-0.4, -0.2) is 20.1 Å². The Morgan fingerprint density at radius 3 is 2.65 bits per heavy atom. The topological polar surface area (TPSA) is 64.4 Å². The number of carbonyl (C=O) groups is 1. The molecule has 0 bridgehead atoms. The molecule has 6 heteroatoms. The Hall–Kier alpha value is -1.69. The molecule has 17 heavy (non-hydrogen) atoms. The molecule has 94 valence electrons. The summed E-state index contributed by atoms with van der Waals surface area (Å²) < 4.78 is 31.6. The lowest BCUT2D eigenvalue weighted by Crippen LogP contribution is -2.24. The molecule has 0 aliphatic carbocycles. The number of carbonyl (C=O) groups excluding carboxylic acids is 1. The van der Waals surface area contributed by atoms with E-state index in [0.717, 1.165) is 12.1 Å². The van der Waals surface area contributed by atoms with Gasteiger partial charge in [-0.25, -0.2) is 8.78 Å². The van der Waals surface area contributed by atoms with Gasteiger partial charge in [0.2, 0.25) is 5.91 Å². The Morgan fingerprint density at radius 1 is 1.47 bits per heavy atom. The highest BCUT2D eigenvalue weighted by atomic mass is 19.1. The fraction of sp³-hybridized carbons (Fsp3) is 0.364. The van der Waals surface area contributed by atoms with Crippen LogP contribution >= 0.6 is 0 Å². The summed E-state index contributed by atoms with van der Waals surface area (Å²) in [5.41, 5.74) is 5.58. The van der Waals surface area contributed by atoms with Crippen LogP contribution in [0, 0.1) is 11.6 Å². The average Bonchev–Trinajstić information content (AvgIpc) is 2.31. The molecule has 1 atom stereocenters. The molecular formula is C11H14F2N2O2. The maximum absolute atomic E-state index is 13.6. The highest BCUT2D eigenvalue weighted by Crippen LogP contribution is 2.25. The van der Waals surface area contributed by atoms with Crippen molar-refractivity contribution in [2.45, 2.75) is 12.5 Å². The van der Waals surface area contributed by atoms with Gasteiger partial charge in [0.1, 0.15) is 5.82 Å². The van der Waals surface area contributed by atoms with Crippen molar-refractivity contribution < 1.29 is 18.3 Å². The Balaban J connectivity index is 2.98. The summed E-state index contributed by atoms with van der Waals surface area (Å²) >= 11 is 0. The first-order valence-electron chi connectivity index (χ1n) is 4.98. The monoisotopic (exact) mass is 244 g/mol. The van der Waals surface area contributed by atoms with Crippen LogP contribution < -0.4 is 15.8 Å². The van der Waals surface area contributed by atoms with Crippen LogP contribution in [0.2, 0.25) is 0 Å². The third kappa shape index (κ3) is 3.13. The van der Waals surface area contributed by atoms with Crippen LogP contribution in [-0.2, 0) is 4.79 Å². The second-order valence-electron chi connectivity index (χ2n) is 3.49. The van der Waals surface area contributed by atoms with Crippen LogP contribution in [0.4, 0.5) is 8.78 Å². The molecule has 0 aliphatic rings. The van der Waals surface area contributed by atoms with Crippen molar-refractivity contribution in [2.24, 2.45) is 5.73 Å². The van der Waals surface area contributed by atoms with E-state index in [0.29, 0.717) is 0 Å².